The summed E-state index contributed by atoms with van der Waals surface area (Å²) in [4.78, 5) is 27.4. The number of carbonyl (C=O) groups is 2. The molecule has 0 spiro atoms. The number of amides is 2. The van der Waals surface area contributed by atoms with Gasteiger partial charge in [0, 0.05) is 17.1 Å². The molecule has 0 radical (unpaired) electrons. The molecule has 0 bridgehead atoms. The quantitative estimate of drug-likeness (QED) is 0.396. The van der Waals surface area contributed by atoms with Gasteiger partial charge in [0.2, 0.25) is 0 Å². The van der Waals surface area contributed by atoms with Crippen molar-refractivity contribution in [3.05, 3.63) is 88.8 Å². The van der Waals surface area contributed by atoms with Crippen LogP contribution in [0.5, 0.6) is 0 Å². The molecule has 1 aliphatic heterocycles. The number of nitrogens with one attached hydrogen (secondary N) is 1. The van der Waals surface area contributed by atoms with Crippen LogP contribution in [0.15, 0.2) is 66.2 Å². The third kappa shape index (κ3) is 3.46. The molecular weight excluding hydrogens is 394 g/mol. The van der Waals surface area contributed by atoms with Gasteiger partial charge >= 0.3 is 0 Å². The number of thiocarbonyl (C=S) groups is 1. The van der Waals surface area contributed by atoms with Crippen LogP contribution in [-0.2, 0) is 9.59 Å². The third-order valence-corrected chi connectivity index (χ3v) is 5.39. The van der Waals surface area contributed by atoms with Crippen molar-refractivity contribution >= 4 is 40.9 Å². The number of anilines is 1. The van der Waals surface area contributed by atoms with E-state index in [1.165, 1.54) is 4.90 Å². The topological polar surface area (TPSA) is 54.3 Å². The Balaban J connectivity index is 1.80. The van der Waals surface area contributed by atoms with Crippen LogP contribution < -0.4 is 10.2 Å². The van der Waals surface area contributed by atoms with Crippen LogP contribution in [0.3, 0.4) is 0 Å². The Labute approximate surface area is 180 Å². The Bertz CT molecular complexity index is 1210. The fourth-order valence-electron chi connectivity index (χ4n) is 3.68. The lowest BCUT2D eigenvalue weighted by atomic mass is 10.1. The minimum absolute atomic E-state index is 0.0406. The average molecular weight is 416 g/mol. The fourth-order valence-corrected chi connectivity index (χ4v) is 3.96. The van der Waals surface area contributed by atoms with E-state index in [1.54, 1.807) is 6.08 Å². The van der Waals surface area contributed by atoms with Crippen molar-refractivity contribution in [1.82, 2.24) is 9.88 Å². The summed E-state index contributed by atoms with van der Waals surface area (Å²) >= 11 is 5.32. The molecule has 4 rings (SSSR count). The van der Waals surface area contributed by atoms with Crippen molar-refractivity contribution in [1.29, 1.82) is 0 Å². The summed E-state index contributed by atoms with van der Waals surface area (Å²) in [7, 11) is 0. The smallest absolute Gasteiger partial charge is 0.270 e. The Morgan fingerprint density at radius 1 is 0.933 bits per heavy atom. The number of benzene rings is 2. The number of nitrogens with zero attached hydrogens (tertiary/aromatic N) is 2. The zero-order valence-electron chi connectivity index (χ0n) is 17.0. The van der Waals surface area contributed by atoms with Gasteiger partial charge in [-0.15, -0.1) is 0 Å². The lowest BCUT2D eigenvalue weighted by Gasteiger charge is -2.30. The lowest BCUT2D eigenvalue weighted by molar-refractivity contribution is -0.122. The molecular formula is C24H21N3O2S. The Hall–Kier alpha value is -3.51. The van der Waals surface area contributed by atoms with Crippen molar-refractivity contribution in [3.8, 4) is 5.69 Å². The van der Waals surface area contributed by atoms with Gasteiger partial charge in [-0.1, -0.05) is 35.9 Å². The highest BCUT2D eigenvalue weighted by atomic mass is 32.1. The number of hydrogen-bond donors (Lipinski definition) is 1. The van der Waals surface area contributed by atoms with Crippen molar-refractivity contribution in [2.24, 2.45) is 0 Å². The Kier molecular flexibility index (Phi) is 5.10. The maximum atomic E-state index is 13.3. The largest absolute Gasteiger partial charge is 0.314 e. The molecule has 2 aromatic carbocycles. The zero-order chi connectivity index (χ0) is 21.4. The van der Waals surface area contributed by atoms with Gasteiger partial charge in [-0.05, 0) is 75.0 Å². The molecule has 1 fully saturated rings. The molecule has 0 aliphatic carbocycles. The fraction of sp³-hybridized carbons (Fsp3) is 0.125. The average Bonchev–Trinajstić information content (AvgIpc) is 3.07. The van der Waals surface area contributed by atoms with Crippen LogP contribution in [0, 0.1) is 20.8 Å². The molecule has 3 aromatic rings. The predicted octanol–water partition coefficient (Wildman–Crippen LogP) is 4.23. The van der Waals surface area contributed by atoms with Gasteiger partial charge in [0.1, 0.15) is 5.57 Å². The van der Waals surface area contributed by atoms with Gasteiger partial charge in [-0.25, -0.2) is 0 Å². The molecule has 1 N–H and O–H groups in total. The highest BCUT2D eigenvalue weighted by Crippen LogP contribution is 2.27. The first-order valence-electron chi connectivity index (χ1n) is 9.59. The summed E-state index contributed by atoms with van der Waals surface area (Å²) in [5.74, 6) is -0.932. The van der Waals surface area contributed by atoms with E-state index in [1.807, 2.05) is 86.0 Å². The molecule has 2 heterocycles. The number of hydrogen-bond acceptors (Lipinski definition) is 3. The summed E-state index contributed by atoms with van der Waals surface area (Å²) in [6.45, 7) is 5.89. The summed E-state index contributed by atoms with van der Waals surface area (Å²) in [6, 6.07) is 19.4. The lowest BCUT2D eigenvalue weighted by Crippen LogP contribution is -2.54. The van der Waals surface area contributed by atoms with Gasteiger partial charge in [-0.3, -0.25) is 19.8 Å². The molecule has 150 valence electrons. The first-order chi connectivity index (χ1) is 14.4. The van der Waals surface area contributed by atoms with Gasteiger partial charge in [-0.2, -0.15) is 0 Å². The second-order valence-electron chi connectivity index (χ2n) is 7.32. The monoisotopic (exact) mass is 415 g/mol. The second-order valence-corrected chi connectivity index (χ2v) is 7.71. The number of carbonyl (C=O) groups excluding carboxylic acids is 2. The maximum Gasteiger partial charge on any atom is 0.270 e. The van der Waals surface area contributed by atoms with Crippen LogP contribution in [0.1, 0.15) is 22.5 Å². The minimum atomic E-state index is -0.496. The van der Waals surface area contributed by atoms with Crippen molar-refractivity contribution < 1.29 is 9.59 Å². The first kappa shape index (κ1) is 19.8. The number of para-hydroxylation sites is 1. The molecule has 1 aliphatic rings. The highest BCUT2D eigenvalue weighted by Gasteiger charge is 2.35. The van der Waals surface area contributed by atoms with E-state index in [0.717, 1.165) is 28.2 Å². The molecule has 0 saturated carbocycles. The van der Waals surface area contributed by atoms with Crippen LogP contribution >= 0.6 is 12.2 Å². The first-order valence-corrected chi connectivity index (χ1v) is 10.00. The summed E-state index contributed by atoms with van der Waals surface area (Å²) < 4.78 is 2.00. The molecule has 1 aromatic heterocycles. The van der Waals surface area contributed by atoms with Crippen molar-refractivity contribution in [3.63, 3.8) is 0 Å². The van der Waals surface area contributed by atoms with E-state index in [0.29, 0.717) is 5.69 Å². The summed E-state index contributed by atoms with van der Waals surface area (Å²) in [5.41, 5.74) is 5.39. The van der Waals surface area contributed by atoms with E-state index in [-0.39, 0.29) is 10.7 Å². The number of aromatic nitrogens is 1. The van der Waals surface area contributed by atoms with Crippen LogP contribution in [0.4, 0.5) is 5.69 Å². The predicted molar refractivity (Wildman–Crippen MR) is 123 cm³/mol. The Morgan fingerprint density at radius 3 is 2.37 bits per heavy atom. The number of rotatable bonds is 3. The van der Waals surface area contributed by atoms with Gasteiger partial charge in [0.25, 0.3) is 11.8 Å². The van der Waals surface area contributed by atoms with Crippen molar-refractivity contribution in [2.75, 3.05) is 4.90 Å². The van der Waals surface area contributed by atoms with Crippen LogP contribution in [0.2, 0.25) is 0 Å². The van der Waals surface area contributed by atoms with Crippen LogP contribution in [0.25, 0.3) is 11.8 Å². The molecule has 30 heavy (non-hydrogen) atoms. The summed E-state index contributed by atoms with van der Waals surface area (Å²) in [5, 5.41) is 2.74. The molecule has 5 nitrogen and oxygen atoms in total. The van der Waals surface area contributed by atoms with E-state index < -0.39 is 11.8 Å². The minimum Gasteiger partial charge on any atom is -0.314 e. The van der Waals surface area contributed by atoms with E-state index in [9.17, 15) is 9.59 Å². The molecule has 2 amide bonds. The molecule has 6 heteroatoms. The maximum absolute atomic E-state index is 13.3. The highest BCUT2D eigenvalue weighted by molar-refractivity contribution is 7.80. The molecule has 1 saturated heterocycles. The van der Waals surface area contributed by atoms with Gasteiger partial charge in [0.15, 0.2) is 5.11 Å². The third-order valence-electron chi connectivity index (χ3n) is 5.11. The van der Waals surface area contributed by atoms with E-state index in [4.69, 9.17) is 12.2 Å². The molecule has 0 unspecified atom stereocenters. The van der Waals surface area contributed by atoms with Gasteiger partial charge < -0.3 is 4.57 Å². The van der Waals surface area contributed by atoms with Gasteiger partial charge in [0.05, 0.1) is 5.69 Å². The van der Waals surface area contributed by atoms with E-state index in [2.05, 4.69) is 5.32 Å². The number of aryl methyl sites for hydroxylation is 3. The molecule has 0 atom stereocenters. The van der Waals surface area contributed by atoms with E-state index >= 15 is 0 Å². The van der Waals surface area contributed by atoms with Crippen LogP contribution in [-0.4, -0.2) is 21.5 Å². The SMILES string of the molecule is Cc1ccc(N2C(=O)/C(=C/c3ccc(C)n3-c3ccccc3)C(=O)NC2=S)c(C)c1. The summed E-state index contributed by atoms with van der Waals surface area (Å²) in [6.07, 6.45) is 1.62. The standard InChI is InChI=1S/C24H21N3O2S/c1-15-9-12-21(16(2)13-15)27-23(29)20(22(28)25-24(27)30)14-19-11-10-17(3)26(19)18-7-5-4-6-8-18/h4-14H,1-3H3,(H,25,28,30)/b20-14+. The Morgan fingerprint density at radius 2 is 1.67 bits per heavy atom. The normalized spacial score (nSPS) is 15.6. The second kappa shape index (κ2) is 7.72. The van der Waals surface area contributed by atoms with Crippen molar-refractivity contribution in [2.45, 2.75) is 20.8 Å². The zero-order valence-corrected chi connectivity index (χ0v) is 17.8.